The Morgan fingerprint density at radius 3 is 2.37 bits per heavy atom. The molecular formula is C20H21ClN4O2. The Hall–Kier alpha value is -2.73. The molecule has 0 bridgehead atoms. The number of para-hydroxylation sites is 2. The summed E-state index contributed by atoms with van der Waals surface area (Å²) in [6.45, 7) is 1.52. The summed E-state index contributed by atoms with van der Waals surface area (Å²) >= 11 is 6.34. The molecule has 1 fully saturated rings. The Labute approximate surface area is 161 Å². The van der Waals surface area contributed by atoms with Crippen LogP contribution in [0.1, 0.15) is 24.4 Å². The van der Waals surface area contributed by atoms with Gasteiger partial charge in [-0.3, -0.25) is 5.41 Å². The van der Waals surface area contributed by atoms with Crippen molar-refractivity contribution in [3.63, 3.8) is 0 Å². The first-order chi connectivity index (χ1) is 13.1. The topological polar surface area (TPSA) is 74.2 Å². The van der Waals surface area contributed by atoms with Gasteiger partial charge < -0.3 is 19.1 Å². The van der Waals surface area contributed by atoms with E-state index in [2.05, 4.69) is 0 Å². The summed E-state index contributed by atoms with van der Waals surface area (Å²) in [6, 6.07) is 15.8. The maximum atomic E-state index is 11.2. The first kappa shape index (κ1) is 17.7. The smallest absolute Gasteiger partial charge is 0.407 e. The number of benzene rings is 2. The Bertz CT molecular complexity index is 1050. The molecule has 1 aliphatic heterocycles. The average molecular weight is 385 g/mol. The van der Waals surface area contributed by atoms with Gasteiger partial charge in [0.05, 0.1) is 17.6 Å². The van der Waals surface area contributed by atoms with Gasteiger partial charge in [0.25, 0.3) is 0 Å². The number of amides is 1. The fraction of sp³-hybridized carbons (Fsp3) is 0.300. The molecule has 0 aliphatic carbocycles. The van der Waals surface area contributed by atoms with Gasteiger partial charge in [-0.15, -0.1) is 0 Å². The van der Waals surface area contributed by atoms with Gasteiger partial charge in [-0.2, -0.15) is 0 Å². The fourth-order valence-electron chi connectivity index (χ4n) is 3.90. The van der Waals surface area contributed by atoms with Gasteiger partial charge in [-0.05, 0) is 36.6 Å². The summed E-state index contributed by atoms with van der Waals surface area (Å²) in [5.41, 5.74) is 3.39. The first-order valence-electron chi connectivity index (χ1n) is 9.02. The number of aromatic nitrogens is 2. The molecule has 0 radical (unpaired) electrons. The third-order valence-corrected chi connectivity index (χ3v) is 5.67. The minimum absolute atomic E-state index is 0.116. The molecule has 0 spiro atoms. The van der Waals surface area contributed by atoms with Crippen molar-refractivity contribution < 1.29 is 9.90 Å². The predicted octanol–water partition coefficient (Wildman–Crippen LogP) is 3.94. The maximum absolute atomic E-state index is 11.2. The summed E-state index contributed by atoms with van der Waals surface area (Å²) in [5, 5.41) is 18.7. The number of carbonyl (C=O) groups is 1. The molecule has 1 aliphatic rings. The highest BCUT2D eigenvalue weighted by Crippen LogP contribution is 2.26. The number of fused-ring (bicyclic) bond motifs is 1. The molecule has 6 nitrogen and oxygen atoms in total. The molecule has 2 heterocycles. The minimum atomic E-state index is -0.870. The molecule has 7 heteroatoms. The highest BCUT2D eigenvalue weighted by molar-refractivity contribution is 6.31. The van der Waals surface area contributed by atoms with E-state index < -0.39 is 6.09 Å². The Balaban J connectivity index is 1.75. The number of rotatable bonds is 3. The van der Waals surface area contributed by atoms with Crippen molar-refractivity contribution in [3.05, 3.63) is 64.7 Å². The van der Waals surface area contributed by atoms with Gasteiger partial charge in [-0.25, -0.2) is 4.79 Å². The summed E-state index contributed by atoms with van der Waals surface area (Å²) in [6.07, 6.45) is 0.553. The van der Waals surface area contributed by atoms with Gasteiger partial charge in [-0.1, -0.05) is 41.9 Å². The predicted molar refractivity (Wildman–Crippen MR) is 104 cm³/mol. The lowest BCUT2D eigenvalue weighted by Gasteiger charge is -2.31. The van der Waals surface area contributed by atoms with Crippen molar-refractivity contribution in [2.45, 2.75) is 25.4 Å². The molecule has 0 atom stereocenters. The number of hydrogen-bond acceptors (Lipinski definition) is 2. The van der Waals surface area contributed by atoms with Gasteiger partial charge >= 0.3 is 6.09 Å². The van der Waals surface area contributed by atoms with Crippen LogP contribution in [-0.2, 0) is 6.54 Å². The lowest BCUT2D eigenvalue weighted by Crippen LogP contribution is -2.40. The second-order valence-corrected chi connectivity index (χ2v) is 7.27. The van der Waals surface area contributed by atoms with E-state index in [4.69, 9.17) is 17.0 Å². The van der Waals surface area contributed by atoms with Crippen LogP contribution >= 0.6 is 11.6 Å². The summed E-state index contributed by atoms with van der Waals surface area (Å²) in [7, 11) is 0. The third-order valence-electron chi connectivity index (χ3n) is 5.30. The molecule has 1 aromatic heterocycles. The van der Waals surface area contributed by atoms with Gasteiger partial charge in [0, 0.05) is 24.2 Å². The van der Waals surface area contributed by atoms with E-state index in [1.54, 1.807) is 0 Å². The fourth-order valence-corrected chi connectivity index (χ4v) is 4.09. The molecule has 2 aromatic carbocycles. The number of nitrogens with zero attached hydrogens (tertiary/aromatic N) is 3. The number of nitrogens with one attached hydrogen (secondary N) is 1. The molecule has 140 valence electrons. The second kappa shape index (κ2) is 7.12. The van der Waals surface area contributed by atoms with E-state index in [1.165, 1.54) is 4.90 Å². The maximum Gasteiger partial charge on any atom is 0.407 e. The van der Waals surface area contributed by atoms with Crippen molar-refractivity contribution in [2.75, 3.05) is 13.1 Å². The second-order valence-electron chi connectivity index (χ2n) is 6.86. The highest BCUT2D eigenvalue weighted by Gasteiger charge is 2.26. The van der Waals surface area contributed by atoms with E-state index in [1.807, 2.05) is 57.7 Å². The number of piperidine rings is 1. The SMILES string of the molecule is N=c1n(Cc2ccccc2Cl)c2ccccc2n1C1CCN(C(=O)O)CC1. The van der Waals surface area contributed by atoms with Crippen LogP contribution in [0.4, 0.5) is 4.79 Å². The third kappa shape index (κ3) is 3.21. The highest BCUT2D eigenvalue weighted by atomic mass is 35.5. The van der Waals surface area contributed by atoms with Crippen LogP contribution in [-0.4, -0.2) is 38.3 Å². The Morgan fingerprint density at radius 1 is 1.07 bits per heavy atom. The van der Waals surface area contributed by atoms with Gasteiger partial charge in [0.15, 0.2) is 0 Å². The zero-order chi connectivity index (χ0) is 19.0. The van der Waals surface area contributed by atoms with Crippen molar-refractivity contribution in [2.24, 2.45) is 0 Å². The molecule has 4 rings (SSSR count). The lowest BCUT2D eigenvalue weighted by atomic mass is 10.0. The molecule has 1 amide bonds. The zero-order valence-electron chi connectivity index (χ0n) is 14.8. The van der Waals surface area contributed by atoms with E-state index in [0.717, 1.165) is 16.6 Å². The largest absolute Gasteiger partial charge is 0.465 e. The number of carboxylic acid groups (broad SMARTS) is 1. The Morgan fingerprint density at radius 2 is 1.70 bits per heavy atom. The molecule has 2 N–H and O–H groups in total. The molecule has 1 saturated heterocycles. The van der Waals surface area contributed by atoms with E-state index in [9.17, 15) is 9.90 Å². The first-order valence-corrected chi connectivity index (χ1v) is 9.39. The Kier molecular flexibility index (Phi) is 4.66. The van der Waals surface area contributed by atoms with Crippen molar-refractivity contribution in [1.82, 2.24) is 14.0 Å². The number of likely N-dealkylation sites (tertiary alicyclic amines) is 1. The van der Waals surface area contributed by atoms with Crippen LogP contribution in [0.3, 0.4) is 0 Å². The quantitative estimate of drug-likeness (QED) is 0.717. The van der Waals surface area contributed by atoms with Crippen molar-refractivity contribution in [3.8, 4) is 0 Å². The summed E-state index contributed by atoms with van der Waals surface area (Å²) < 4.78 is 4.02. The molecule has 0 unspecified atom stereocenters. The monoisotopic (exact) mass is 384 g/mol. The number of halogens is 1. The molecule has 27 heavy (non-hydrogen) atoms. The lowest BCUT2D eigenvalue weighted by molar-refractivity contribution is 0.125. The van der Waals surface area contributed by atoms with Crippen LogP contribution in [0.2, 0.25) is 5.02 Å². The molecule has 3 aromatic rings. The number of imidazole rings is 1. The molecule has 0 saturated carbocycles. The zero-order valence-corrected chi connectivity index (χ0v) is 15.6. The number of hydrogen-bond donors (Lipinski definition) is 2. The van der Waals surface area contributed by atoms with Crippen LogP contribution in [0.15, 0.2) is 48.5 Å². The van der Waals surface area contributed by atoms with Crippen LogP contribution < -0.4 is 5.62 Å². The van der Waals surface area contributed by atoms with Gasteiger partial charge in [0.2, 0.25) is 5.62 Å². The van der Waals surface area contributed by atoms with E-state index in [0.29, 0.717) is 43.1 Å². The van der Waals surface area contributed by atoms with Crippen molar-refractivity contribution in [1.29, 1.82) is 5.41 Å². The van der Waals surface area contributed by atoms with Gasteiger partial charge in [0.1, 0.15) is 0 Å². The average Bonchev–Trinajstić information content (AvgIpc) is 2.95. The summed E-state index contributed by atoms with van der Waals surface area (Å²) in [5.74, 6) is 0. The van der Waals surface area contributed by atoms with Crippen LogP contribution in [0.5, 0.6) is 0 Å². The standard InChI is InChI=1S/C20H21ClN4O2/c21-16-6-2-1-5-14(16)13-24-17-7-3-4-8-18(17)25(19(24)22)15-9-11-23(12-10-15)20(26)27/h1-8,15,22H,9-13H2,(H,26,27). The minimum Gasteiger partial charge on any atom is -0.465 e. The van der Waals surface area contributed by atoms with E-state index >= 15 is 0 Å². The van der Waals surface area contributed by atoms with E-state index in [-0.39, 0.29) is 6.04 Å². The summed E-state index contributed by atoms with van der Waals surface area (Å²) in [4.78, 5) is 12.6. The van der Waals surface area contributed by atoms with Crippen LogP contribution in [0, 0.1) is 5.41 Å². The van der Waals surface area contributed by atoms with Crippen molar-refractivity contribution >= 4 is 28.7 Å². The normalized spacial score (nSPS) is 15.4. The van der Waals surface area contributed by atoms with Crippen LogP contribution in [0.25, 0.3) is 11.0 Å². The molecular weight excluding hydrogens is 364 g/mol.